The van der Waals surface area contributed by atoms with Crippen LogP contribution in [0.5, 0.6) is 0 Å². The Morgan fingerprint density at radius 3 is 2.78 bits per heavy atom. The number of hydrogen-bond acceptors (Lipinski definition) is 4. The fraction of sp³-hybridized carbons (Fsp3) is 0.182. The molecule has 0 spiro atoms. The summed E-state index contributed by atoms with van der Waals surface area (Å²) in [5.41, 5.74) is 0. The average molecular weight is 286 g/mol. The molecule has 0 aliphatic carbocycles. The number of hydrogen-bond donors (Lipinski definition) is 1. The van der Waals surface area contributed by atoms with E-state index in [4.69, 9.17) is 0 Å². The zero-order valence-corrected chi connectivity index (χ0v) is 11.2. The fourth-order valence-corrected chi connectivity index (χ4v) is 3.31. The number of halogens is 1. The van der Waals surface area contributed by atoms with E-state index in [0.29, 0.717) is 0 Å². The molecule has 0 saturated heterocycles. The summed E-state index contributed by atoms with van der Waals surface area (Å²) >= 11 is 1.49. The highest BCUT2D eigenvalue weighted by Gasteiger charge is 2.20. The Labute approximate surface area is 109 Å². The monoisotopic (exact) mass is 286 g/mol. The minimum absolute atomic E-state index is 0.136. The first-order valence-electron chi connectivity index (χ1n) is 5.14. The van der Waals surface area contributed by atoms with Gasteiger partial charge in [-0.3, -0.25) is 0 Å². The van der Waals surface area contributed by atoms with E-state index >= 15 is 0 Å². The molecule has 2 aromatic heterocycles. The lowest BCUT2D eigenvalue weighted by atomic mass is 10.4. The van der Waals surface area contributed by atoms with Crippen molar-refractivity contribution in [2.24, 2.45) is 0 Å². The highest BCUT2D eigenvalue weighted by atomic mass is 32.2. The zero-order valence-electron chi connectivity index (χ0n) is 9.55. The van der Waals surface area contributed by atoms with Crippen LogP contribution in [-0.4, -0.2) is 13.4 Å². The molecule has 7 heteroatoms. The molecule has 0 amide bonds. The third-order valence-corrected chi connectivity index (χ3v) is 4.55. The summed E-state index contributed by atoms with van der Waals surface area (Å²) in [6.07, 6.45) is 1.24. The smallest absolute Gasteiger partial charge is 0.241 e. The Balaban J connectivity index is 2.16. The van der Waals surface area contributed by atoms with Crippen LogP contribution in [0.3, 0.4) is 0 Å². The largest absolute Gasteiger partial charge is 0.261 e. The third kappa shape index (κ3) is 2.92. The number of thiophene rings is 1. The van der Waals surface area contributed by atoms with Crippen LogP contribution in [0.2, 0.25) is 0 Å². The summed E-state index contributed by atoms with van der Waals surface area (Å²) in [4.78, 5) is 5.50. The van der Waals surface area contributed by atoms with Gasteiger partial charge in [-0.25, -0.2) is 22.5 Å². The second-order valence-electron chi connectivity index (χ2n) is 3.63. The first-order chi connectivity index (χ1) is 8.49. The SMILES string of the molecule is Cc1ccc(CNS(=O)(=O)c2ncccc2F)s1. The van der Waals surface area contributed by atoms with Crippen molar-refractivity contribution < 1.29 is 12.8 Å². The Morgan fingerprint density at radius 2 is 2.17 bits per heavy atom. The molecule has 18 heavy (non-hydrogen) atoms. The normalized spacial score (nSPS) is 11.7. The van der Waals surface area contributed by atoms with Gasteiger partial charge in [0, 0.05) is 22.5 Å². The molecule has 0 saturated carbocycles. The summed E-state index contributed by atoms with van der Waals surface area (Å²) in [6.45, 7) is 2.07. The number of sulfonamides is 1. The predicted molar refractivity (Wildman–Crippen MR) is 67.3 cm³/mol. The summed E-state index contributed by atoms with van der Waals surface area (Å²) in [7, 11) is -3.91. The van der Waals surface area contributed by atoms with E-state index < -0.39 is 20.9 Å². The lowest BCUT2D eigenvalue weighted by Gasteiger charge is -2.05. The van der Waals surface area contributed by atoms with Crippen molar-refractivity contribution in [2.45, 2.75) is 18.5 Å². The van der Waals surface area contributed by atoms with Crippen molar-refractivity contribution in [3.63, 3.8) is 0 Å². The van der Waals surface area contributed by atoms with Gasteiger partial charge in [0.2, 0.25) is 5.03 Å². The van der Waals surface area contributed by atoms with E-state index in [1.165, 1.54) is 23.6 Å². The van der Waals surface area contributed by atoms with Gasteiger partial charge in [0.25, 0.3) is 10.0 Å². The number of aryl methyl sites for hydroxylation is 1. The lowest BCUT2D eigenvalue weighted by Crippen LogP contribution is -2.24. The summed E-state index contributed by atoms with van der Waals surface area (Å²) in [5.74, 6) is -0.854. The van der Waals surface area contributed by atoms with Crippen LogP contribution in [-0.2, 0) is 16.6 Å². The van der Waals surface area contributed by atoms with Gasteiger partial charge < -0.3 is 0 Å². The molecule has 2 heterocycles. The highest BCUT2D eigenvalue weighted by molar-refractivity contribution is 7.89. The van der Waals surface area contributed by atoms with Crippen molar-refractivity contribution >= 4 is 21.4 Å². The van der Waals surface area contributed by atoms with Crippen molar-refractivity contribution in [3.05, 3.63) is 46.0 Å². The van der Waals surface area contributed by atoms with Crippen LogP contribution in [0, 0.1) is 12.7 Å². The highest BCUT2D eigenvalue weighted by Crippen LogP contribution is 2.16. The van der Waals surface area contributed by atoms with Gasteiger partial charge in [-0.2, -0.15) is 0 Å². The minimum Gasteiger partial charge on any atom is -0.241 e. The van der Waals surface area contributed by atoms with Crippen molar-refractivity contribution in [1.82, 2.24) is 9.71 Å². The standard InChI is InChI=1S/C11H11FN2O2S2/c1-8-4-5-9(17-8)7-14-18(15,16)11-10(12)3-2-6-13-11/h2-6,14H,7H2,1H3. The van der Waals surface area contributed by atoms with Crippen molar-refractivity contribution in [2.75, 3.05) is 0 Å². The van der Waals surface area contributed by atoms with Gasteiger partial charge in [-0.15, -0.1) is 11.3 Å². The molecule has 2 aromatic rings. The molecule has 0 radical (unpaired) electrons. The quantitative estimate of drug-likeness (QED) is 0.936. The van der Waals surface area contributed by atoms with Crippen LogP contribution >= 0.6 is 11.3 Å². The first-order valence-corrected chi connectivity index (χ1v) is 7.44. The van der Waals surface area contributed by atoms with Crippen LogP contribution in [0.25, 0.3) is 0 Å². The van der Waals surface area contributed by atoms with Gasteiger partial charge in [-0.05, 0) is 31.2 Å². The molecule has 0 unspecified atom stereocenters. The number of pyridine rings is 1. The van der Waals surface area contributed by atoms with E-state index in [9.17, 15) is 12.8 Å². The molecule has 1 N–H and O–H groups in total. The maximum Gasteiger partial charge on any atom is 0.261 e. The molecule has 4 nitrogen and oxygen atoms in total. The van der Waals surface area contributed by atoms with Crippen LogP contribution < -0.4 is 4.72 Å². The van der Waals surface area contributed by atoms with E-state index in [2.05, 4.69) is 9.71 Å². The van der Waals surface area contributed by atoms with Crippen LogP contribution in [0.15, 0.2) is 35.5 Å². The Kier molecular flexibility index (Phi) is 3.74. The van der Waals surface area contributed by atoms with E-state index in [1.54, 1.807) is 0 Å². The van der Waals surface area contributed by atoms with Gasteiger partial charge in [0.15, 0.2) is 5.82 Å². The van der Waals surface area contributed by atoms with E-state index in [1.807, 2.05) is 19.1 Å². The second-order valence-corrected chi connectivity index (χ2v) is 6.68. The topological polar surface area (TPSA) is 59.1 Å². The first kappa shape index (κ1) is 13.1. The molecule has 0 aliphatic heterocycles. The maximum atomic E-state index is 13.3. The molecule has 0 atom stereocenters. The molecule has 0 fully saturated rings. The Bertz CT molecular complexity index is 653. The minimum atomic E-state index is -3.91. The Hall–Kier alpha value is -1.31. The fourth-order valence-electron chi connectivity index (χ4n) is 1.38. The number of nitrogens with one attached hydrogen (secondary N) is 1. The number of nitrogens with zero attached hydrogens (tertiary/aromatic N) is 1. The average Bonchev–Trinajstić information content (AvgIpc) is 2.73. The zero-order chi connectivity index (χ0) is 13.2. The van der Waals surface area contributed by atoms with Crippen molar-refractivity contribution in [3.8, 4) is 0 Å². The van der Waals surface area contributed by atoms with Crippen LogP contribution in [0.1, 0.15) is 9.75 Å². The van der Waals surface area contributed by atoms with E-state index in [0.717, 1.165) is 15.8 Å². The summed E-state index contributed by atoms with van der Waals surface area (Å²) in [5, 5.41) is -0.571. The molecule has 96 valence electrons. The van der Waals surface area contributed by atoms with Gasteiger partial charge >= 0.3 is 0 Å². The van der Waals surface area contributed by atoms with E-state index in [-0.39, 0.29) is 6.54 Å². The molecule has 0 aromatic carbocycles. The van der Waals surface area contributed by atoms with Crippen LogP contribution in [0.4, 0.5) is 4.39 Å². The second kappa shape index (κ2) is 5.13. The van der Waals surface area contributed by atoms with Gasteiger partial charge in [-0.1, -0.05) is 0 Å². The number of rotatable bonds is 4. The number of aromatic nitrogens is 1. The molecule has 0 bridgehead atoms. The van der Waals surface area contributed by atoms with Gasteiger partial charge in [0.1, 0.15) is 0 Å². The van der Waals surface area contributed by atoms with Gasteiger partial charge in [0.05, 0.1) is 0 Å². The summed E-state index contributed by atoms with van der Waals surface area (Å²) < 4.78 is 39.3. The predicted octanol–water partition coefficient (Wildman–Crippen LogP) is 2.07. The lowest BCUT2D eigenvalue weighted by molar-refractivity contribution is 0.544. The molecular formula is C11H11FN2O2S2. The summed E-state index contributed by atoms with van der Waals surface area (Å²) in [6, 6.07) is 6.14. The maximum absolute atomic E-state index is 13.3. The molecule has 0 aliphatic rings. The van der Waals surface area contributed by atoms with Crippen molar-refractivity contribution in [1.29, 1.82) is 0 Å². The Morgan fingerprint density at radius 1 is 1.39 bits per heavy atom. The molecular weight excluding hydrogens is 275 g/mol. The molecule has 2 rings (SSSR count). The third-order valence-electron chi connectivity index (χ3n) is 2.21.